The summed E-state index contributed by atoms with van der Waals surface area (Å²) in [6.07, 6.45) is 1.87. The van der Waals surface area contributed by atoms with Crippen molar-refractivity contribution in [2.75, 3.05) is 6.61 Å². The maximum absolute atomic E-state index is 11.9. The van der Waals surface area contributed by atoms with Crippen LogP contribution in [0.5, 0.6) is 0 Å². The predicted octanol–water partition coefficient (Wildman–Crippen LogP) is 0.904. The minimum absolute atomic E-state index is 0.291. The Kier molecular flexibility index (Phi) is 7.87. The van der Waals surface area contributed by atoms with E-state index in [1.165, 1.54) is 27.7 Å². The van der Waals surface area contributed by atoms with E-state index in [-0.39, 0.29) is 6.61 Å². The number of carbonyl (C=O) groups excluding carboxylic acids is 4. The molecule has 3 rings (SSSR count). The summed E-state index contributed by atoms with van der Waals surface area (Å²) in [7, 11) is 0. The standard InChI is InChI=1S/C20H23N3O9S/c1-10(24)28-9-15-16(29-11(2)25)17(30-12(3)26)18(31-13(4)27)19(32-15)33-20-22-8-14-7-21-5-6-23(14)20/h5-8,15-19H,9H2,1-4H3/t15-,16-,17+,18+,19+/m1/s1. The van der Waals surface area contributed by atoms with Crippen LogP contribution in [0.2, 0.25) is 0 Å². The van der Waals surface area contributed by atoms with Crippen LogP contribution in [0, 0.1) is 0 Å². The summed E-state index contributed by atoms with van der Waals surface area (Å²) in [6.45, 7) is 4.45. The number of rotatable bonds is 7. The Morgan fingerprint density at radius 2 is 1.58 bits per heavy atom. The molecule has 5 atom stereocenters. The van der Waals surface area contributed by atoms with Gasteiger partial charge in [-0.2, -0.15) is 0 Å². The van der Waals surface area contributed by atoms with Gasteiger partial charge in [-0.1, -0.05) is 11.8 Å². The number of carbonyl (C=O) groups is 4. The lowest BCUT2D eigenvalue weighted by Crippen LogP contribution is -2.61. The second kappa shape index (κ2) is 10.6. The highest BCUT2D eigenvalue weighted by Gasteiger charge is 2.52. The van der Waals surface area contributed by atoms with E-state index < -0.39 is 53.7 Å². The van der Waals surface area contributed by atoms with Gasteiger partial charge in [-0.05, 0) is 0 Å². The van der Waals surface area contributed by atoms with Gasteiger partial charge in [0.2, 0.25) is 0 Å². The van der Waals surface area contributed by atoms with E-state index in [0.717, 1.165) is 11.8 Å². The largest absolute Gasteiger partial charge is 0.463 e. The molecule has 2 aromatic heterocycles. The Morgan fingerprint density at radius 3 is 2.21 bits per heavy atom. The van der Waals surface area contributed by atoms with Gasteiger partial charge in [-0.3, -0.25) is 28.6 Å². The molecule has 0 unspecified atom stereocenters. The van der Waals surface area contributed by atoms with Gasteiger partial charge >= 0.3 is 23.9 Å². The summed E-state index contributed by atoms with van der Waals surface area (Å²) in [5, 5.41) is 0.480. The van der Waals surface area contributed by atoms with E-state index in [1.807, 2.05) is 0 Å². The summed E-state index contributed by atoms with van der Waals surface area (Å²) >= 11 is 1.09. The second-order valence-corrected chi connectivity index (χ2v) is 8.16. The lowest BCUT2D eigenvalue weighted by atomic mass is 9.99. The summed E-state index contributed by atoms with van der Waals surface area (Å²) in [5.74, 6) is -2.62. The first-order chi connectivity index (χ1) is 15.7. The van der Waals surface area contributed by atoms with Crippen LogP contribution in [0.15, 0.2) is 29.9 Å². The van der Waals surface area contributed by atoms with Gasteiger partial charge in [0.25, 0.3) is 0 Å². The van der Waals surface area contributed by atoms with Gasteiger partial charge in [0.05, 0.1) is 17.9 Å². The van der Waals surface area contributed by atoms with E-state index >= 15 is 0 Å². The Labute approximate surface area is 192 Å². The van der Waals surface area contributed by atoms with Gasteiger partial charge in [0.1, 0.15) is 12.7 Å². The van der Waals surface area contributed by atoms with Gasteiger partial charge in [-0.15, -0.1) is 0 Å². The zero-order valence-electron chi connectivity index (χ0n) is 18.3. The van der Waals surface area contributed by atoms with E-state index in [4.69, 9.17) is 23.7 Å². The van der Waals surface area contributed by atoms with Crippen molar-refractivity contribution in [3.05, 3.63) is 24.8 Å². The fourth-order valence-electron chi connectivity index (χ4n) is 3.30. The predicted molar refractivity (Wildman–Crippen MR) is 111 cm³/mol. The number of hydrogen-bond donors (Lipinski definition) is 0. The number of aromatic nitrogens is 3. The van der Waals surface area contributed by atoms with Crippen LogP contribution in [0.1, 0.15) is 27.7 Å². The third kappa shape index (κ3) is 6.20. The molecule has 1 aliphatic rings. The molecule has 13 heteroatoms. The van der Waals surface area contributed by atoms with E-state index in [0.29, 0.717) is 10.7 Å². The fraction of sp³-hybridized carbons (Fsp3) is 0.500. The average Bonchev–Trinajstić information content (AvgIpc) is 3.13. The molecule has 0 aliphatic carbocycles. The topological polar surface area (TPSA) is 145 Å². The highest BCUT2D eigenvalue weighted by Crippen LogP contribution is 2.37. The van der Waals surface area contributed by atoms with Gasteiger partial charge in [-0.25, -0.2) is 4.98 Å². The second-order valence-electron chi connectivity index (χ2n) is 7.10. The molecule has 1 aliphatic heterocycles. The molecule has 12 nitrogen and oxygen atoms in total. The third-order valence-electron chi connectivity index (χ3n) is 4.47. The van der Waals surface area contributed by atoms with E-state index in [1.54, 1.807) is 29.2 Å². The zero-order valence-corrected chi connectivity index (χ0v) is 19.1. The maximum Gasteiger partial charge on any atom is 0.303 e. The average molecular weight is 481 g/mol. The molecule has 0 saturated carbocycles. The van der Waals surface area contributed by atoms with Crippen LogP contribution in [-0.2, 0) is 42.9 Å². The molecule has 178 valence electrons. The molecular formula is C20H23N3O9S. The Morgan fingerprint density at radius 1 is 0.939 bits per heavy atom. The molecule has 3 heterocycles. The fourth-order valence-corrected chi connectivity index (χ4v) is 4.44. The SMILES string of the molecule is CC(=O)OC[C@H]1O[C@@H](Sc2ncc3cnccn23)[C@@H](OC(C)=O)[C@@H](OC(C)=O)[C@@H]1OC(C)=O. The van der Waals surface area contributed by atoms with Crippen molar-refractivity contribution < 1.29 is 42.9 Å². The van der Waals surface area contributed by atoms with Crippen molar-refractivity contribution in [3.8, 4) is 0 Å². The molecule has 0 spiro atoms. The summed E-state index contributed by atoms with van der Waals surface area (Å²) in [6, 6.07) is 0. The molecule has 2 aromatic rings. The molecule has 0 amide bonds. The molecule has 1 saturated heterocycles. The number of ether oxygens (including phenoxy) is 5. The third-order valence-corrected chi connectivity index (χ3v) is 5.59. The molecule has 0 N–H and O–H groups in total. The zero-order chi connectivity index (χ0) is 24.1. The first-order valence-electron chi connectivity index (χ1n) is 9.90. The lowest BCUT2D eigenvalue weighted by molar-refractivity contribution is -0.237. The smallest absolute Gasteiger partial charge is 0.303 e. The van der Waals surface area contributed by atoms with Gasteiger partial charge in [0.15, 0.2) is 28.9 Å². The van der Waals surface area contributed by atoms with Crippen molar-refractivity contribution in [2.45, 2.75) is 62.7 Å². The van der Waals surface area contributed by atoms with Gasteiger partial charge < -0.3 is 23.7 Å². The first-order valence-corrected chi connectivity index (χ1v) is 10.8. The van der Waals surface area contributed by atoms with Gasteiger partial charge in [0, 0.05) is 40.1 Å². The lowest BCUT2D eigenvalue weighted by Gasteiger charge is -2.43. The molecule has 33 heavy (non-hydrogen) atoms. The van der Waals surface area contributed by atoms with Crippen LogP contribution in [-0.4, -0.2) is 74.7 Å². The molecule has 1 fully saturated rings. The first kappa shape index (κ1) is 24.5. The number of nitrogens with zero attached hydrogens (tertiary/aromatic N) is 3. The highest BCUT2D eigenvalue weighted by atomic mass is 32.2. The molecule has 0 radical (unpaired) electrons. The van der Waals surface area contributed by atoms with Crippen molar-refractivity contribution in [3.63, 3.8) is 0 Å². The Bertz CT molecular complexity index is 1040. The van der Waals surface area contributed by atoms with Crippen molar-refractivity contribution in [1.29, 1.82) is 0 Å². The van der Waals surface area contributed by atoms with Crippen LogP contribution >= 0.6 is 11.8 Å². The van der Waals surface area contributed by atoms with E-state index in [2.05, 4.69) is 9.97 Å². The van der Waals surface area contributed by atoms with Crippen molar-refractivity contribution in [2.24, 2.45) is 0 Å². The summed E-state index contributed by atoms with van der Waals surface area (Å²) in [5.41, 5.74) is -0.241. The molecule has 0 bridgehead atoms. The van der Waals surface area contributed by atoms with E-state index in [9.17, 15) is 19.2 Å². The summed E-state index contributed by atoms with van der Waals surface area (Å²) < 4.78 is 29.1. The van der Waals surface area contributed by atoms with Crippen LogP contribution in [0.25, 0.3) is 5.52 Å². The highest BCUT2D eigenvalue weighted by molar-refractivity contribution is 7.99. The van der Waals surface area contributed by atoms with Crippen LogP contribution in [0.4, 0.5) is 0 Å². The minimum atomic E-state index is -1.23. The Balaban J connectivity index is 2.00. The number of imidazole rings is 1. The number of hydrogen-bond acceptors (Lipinski definition) is 12. The maximum atomic E-state index is 11.9. The Hall–Kier alpha value is -3.19. The van der Waals surface area contributed by atoms with Crippen LogP contribution in [0.3, 0.4) is 0 Å². The van der Waals surface area contributed by atoms with Crippen molar-refractivity contribution in [1.82, 2.24) is 14.4 Å². The minimum Gasteiger partial charge on any atom is -0.463 e. The number of esters is 4. The number of thioether (sulfide) groups is 1. The monoisotopic (exact) mass is 481 g/mol. The quantitative estimate of drug-likeness (QED) is 0.409. The normalized spacial score (nSPS) is 24.7. The molecule has 0 aromatic carbocycles. The van der Waals surface area contributed by atoms with Crippen LogP contribution < -0.4 is 0 Å². The number of fused-ring (bicyclic) bond motifs is 1. The summed E-state index contributed by atoms with van der Waals surface area (Å²) in [4.78, 5) is 55.3. The molecular weight excluding hydrogens is 458 g/mol. The van der Waals surface area contributed by atoms with Crippen molar-refractivity contribution >= 4 is 41.2 Å².